The highest BCUT2D eigenvalue weighted by Gasteiger charge is 2.64. The van der Waals surface area contributed by atoms with E-state index in [1.54, 1.807) is 6.20 Å². The summed E-state index contributed by atoms with van der Waals surface area (Å²) in [6.45, 7) is 10.2. The van der Waals surface area contributed by atoms with E-state index in [4.69, 9.17) is 5.73 Å². The van der Waals surface area contributed by atoms with Crippen LogP contribution < -0.4 is 11.1 Å². The normalized spacial score (nSPS) is 20.3. The zero-order valence-electron chi connectivity index (χ0n) is 12.1. The van der Waals surface area contributed by atoms with Crippen molar-refractivity contribution in [1.29, 1.82) is 0 Å². The Kier molecular flexibility index (Phi) is 3.38. The van der Waals surface area contributed by atoms with E-state index < -0.39 is 0 Å². The number of nitrogens with one attached hydrogen (secondary N) is 1. The second-order valence-corrected chi connectivity index (χ2v) is 6.41. The maximum atomic E-state index is 11.8. The van der Waals surface area contributed by atoms with E-state index in [1.165, 1.54) is 4.68 Å². The lowest BCUT2D eigenvalue weighted by atomic mass is 10.0. The third-order valence-electron chi connectivity index (χ3n) is 4.92. The van der Waals surface area contributed by atoms with Crippen LogP contribution in [-0.4, -0.2) is 27.4 Å². The fraction of sp³-hybridized carbons (Fsp3) is 0.769. The number of aromatic nitrogens is 3. The average Bonchev–Trinajstić information content (AvgIpc) is 2.70. The molecule has 0 saturated heterocycles. The molecule has 1 amide bonds. The molecule has 106 valence electrons. The monoisotopic (exact) mass is 265 g/mol. The van der Waals surface area contributed by atoms with Gasteiger partial charge in [0, 0.05) is 13.1 Å². The molecule has 6 nitrogen and oxygen atoms in total. The van der Waals surface area contributed by atoms with E-state index in [9.17, 15) is 4.79 Å². The Morgan fingerprint density at radius 2 is 2.05 bits per heavy atom. The number of carbonyl (C=O) groups excluding carboxylic acids is 1. The maximum Gasteiger partial charge on any atom is 0.241 e. The van der Waals surface area contributed by atoms with Gasteiger partial charge in [0.05, 0.1) is 11.9 Å². The minimum atomic E-state index is -0.0352. The van der Waals surface area contributed by atoms with Crippen LogP contribution in [0.1, 0.15) is 33.4 Å². The maximum absolute atomic E-state index is 11.8. The van der Waals surface area contributed by atoms with Crippen molar-refractivity contribution >= 4 is 5.91 Å². The quantitative estimate of drug-likeness (QED) is 0.813. The molecule has 1 aliphatic carbocycles. The Balaban J connectivity index is 1.80. The zero-order chi connectivity index (χ0) is 14.3. The fourth-order valence-electron chi connectivity index (χ4n) is 2.77. The molecule has 0 aromatic carbocycles. The number of nitrogens with zero attached hydrogens (tertiary/aromatic N) is 3. The molecule has 0 aliphatic heterocycles. The second-order valence-electron chi connectivity index (χ2n) is 6.41. The Bertz CT molecular complexity index is 463. The molecule has 1 aromatic rings. The van der Waals surface area contributed by atoms with Gasteiger partial charge in [-0.15, -0.1) is 5.10 Å². The van der Waals surface area contributed by atoms with E-state index in [-0.39, 0.29) is 12.5 Å². The van der Waals surface area contributed by atoms with Gasteiger partial charge in [-0.1, -0.05) is 32.9 Å². The van der Waals surface area contributed by atoms with Gasteiger partial charge in [-0.05, 0) is 16.7 Å². The van der Waals surface area contributed by atoms with Crippen molar-refractivity contribution in [2.45, 2.75) is 40.8 Å². The van der Waals surface area contributed by atoms with Crippen LogP contribution in [0.3, 0.4) is 0 Å². The molecule has 1 fully saturated rings. The summed E-state index contributed by atoms with van der Waals surface area (Å²) in [6, 6.07) is 0. The van der Waals surface area contributed by atoms with Crippen molar-refractivity contribution in [3.63, 3.8) is 0 Å². The summed E-state index contributed by atoms with van der Waals surface area (Å²) in [5, 5.41) is 10.7. The molecular weight excluding hydrogens is 242 g/mol. The van der Waals surface area contributed by atoms with Gasteiger partial charge in [-0.25, -0.2) is 4.68 Å². The van der Waals surface area contributed by atoms with Crippen molar-refractivity contribution in [1.82, 2.24) is 20.3 Å². The minimum absolute atomic E-state index is 0.0352. The molecule has 0 atom stereocenters. The number of nitrogens with two attached hydrogens (primary N) is 1. The predicted molar refractivity (Wildman–Crippen MR) is 72.0 cm³/mol. The Hall–Kier alpha value is -1.43. The molecule has 0 radical (unpaired) electrons. The van der Waals surface area contributed by atoms with Crippen LogP contribution >= 0.6 is 0 Å². The van der Waals surface area contributed by atoms with Gasteiger partial charge in [-0.3, -0.25) is 4.79 Å². The van der Waals surface area contributed by atoms with Gasteiger partial charge in [0.2, 0.25) is 5.91 Å². The molecule has 0 spiro atoms. The first-order chi connectivity index (χ1) is 8.79. The molecule has 1 saturated carbocycles. The molecule has 0 unspecified atom stereocenters. The molecule has 1 aromatic heterocycles. The number of hydrogen-bond donors (Lipinski definition) is 2. The van der Waals surface area contributed by atoms with Crippen molar-refractivity contribution in [2.75, 3.05) is 6.54 Å². The van der Waals surface area contributed by atoms with E-state index in [1.807, 2.05) is 0 Å². The minimum Gasteiger partial charge on any atom is -0.354 e. The summed E-state index contributed by atoms with van der Waals surface area (Å²) < 4.78 is 1.51. The SMILES string of the molecule is CC1(C)C(CNC(=O)Cn2cc(CN)nn2)C1(C)C. The lowest BCUT2D eigenvalue weighted by Crippen LogP contribution is -2.30. The molecule has 3 N–H and O–H groups in total. The number of carbonyl (C=O) groups is 1. The molecule has 19 heavy (non-hydrogen) atoms. The third-order valence-corrected chi connectivity index (χ3v) is 4.92. The van der Waals surface area contributed by atoms with Gasteiger partial charge in [0.15, 0.2) is 0 Å². The standard InChI is InChI=1S/C13H23N5O/c1-12(2)10(13(12,3)4)6-15-11(19)8-18-7-9(5-14)16-17-18/h7,10H,5-6,8,14H2,1-4H3,(H,15,19). The van der Waals surface area contributed by atoms with Crippen LogP contribution in [0.4, 0.5) is 0 Å². The summed E-state index contributed by atoms with van der Waals surface area (Å²) >= 11 is 0. The molecule has 0 bridgehead atoms. The lowest BCUT2D eigenvalue weighted by Gasteiger charge is -2.06. The van der Waals surface area contributed by atoms with Gasteiger partial charge in [0.1, 0.15) is 6.54 Å². The van der Waals surface area contributed by atoms with Crippen LogP contribution in [-0.2, 0) is 17.9 Å². The summed E-state index contributed by atoms with van der Waals surface area (Å²) in [4.78, 5) is 11.8. The van der Waals surface area contributed by atoms with Crippen LogP contribution in [0.15, 0.2) is 6.20 Å². The van der Waals surface area contributed by atoms with E-state index in [0.717, 1.165) is 6.54 Å². The number of hydrogen-bond acceptors (Lipinski definition) is 4. The highest BCUT2D eigenvalue weighted by atomic mass is 16.2. The Morgan fingerprint density at radius 1 is 1.42 bits per heavy atom. The first kappa shape index (κ1) is 14.0. The summed E-state index contributed by atoms with van der Waals surface area (Å²) in [7, 11) is 0. The van der Waals surface area contributed by atoms with Gasteiger partial charge in [-0.2, -0.15) is 0 Å². The fourth-order valence-corrected chi connectivity index (χ4v) is 2.77. The highest BCUT2D eigenvalue weighted by Crippen LogP contribution is 2.67. The smallest absolute Gasteiger partial charge is 0.241 e. The molecule has 1 aliphatic rings. The summed E-state index contributed by atoms with van der Waals surface area (Å²) in [5.41, 5.74) is 6.72. The zero-order valence-corrected chi connectivity index (χ0v) is 12.1. The first-order valence-electron chi connectivity index (χ1n) is 6.65. The third kappa shape index (κ3) is 2.49. The Labute approximate surface area is 113 Å². The first-order valence-corrected chi connectivity index (χ1v) is 6.65. The summed E-state index contributed by atoms with van der Waals surface area (Å²) in [6.07, 6.45) is 1.70. The van der Waals surface area contributed by atoms with Gasteiger partial charge >= 0.3 is 0 Å². The molecule has 6 heteroatoms. The number of amides is 1. The van der Waals surface area contributed by atoms with Gasteiger partial charge in [0.25, 0.3) is 0 Å². The van der Waals surface area contributed by atoms with E-state index in [2.05, 4.69) is 43.3 Å². The Morgan fingerprint density at radius 3 is 2.53 bits per heavy atom. The van der Waals surface area contributed by atoms with E-state index in [0.29, 0.717) is 29.0 Å². The second kappa shape index (κ2) is 4.59. The van der Waals surface area contributed by atoms with Crippen molar-refractivity contribution in [3.8, 4) is 0 Å². The topological polar surface area (TPSA) is 85.8 Å². The van der Waals surface area contributed by atoms with Crippen LogP contribution in [0.2, 0.25) is 0 Å². The van der Waals surface area contributed by atoms with Crippen molar-refractivity contribution < 1.29 is 4.79 Å². The summed E-state index contributed by atoms with van der Waals surface area (Å²) in [5.74, 6) is 0.492. The molecular formula is C13H23N5O. The predicted octanol–water partition coefficient (Wildman–Crippen LogP) is 0.535. The van der Waals surface area contributed by atoms with Crippen molar-refractivity contribution in [2.24, 2.45) is 22.5 Å². The van der Waals surface area contributed by atoms with Crippen LogP contribution in [0, 0.1) is 16.7 Å². The molecule has 1 heterocycles. The van der Waals surface area contributed by atoms with Crippen LogP contribution in [0.25, 0.3) is 0 Å². The van der Waals surface area contributed by atoms with Gasteiger partial charge < -0.3 is 11.1 Å². The van der Waals surface area contributed by atoms with Crippen molar-refractivity contribution in [3.05, 3.63) is 11.9 Å². The lowest BCUT2D eigenvalue weighted by molar-refractivity contribution is -0.121. The molecule has 2 rings (SSSR count). The largest absolute Gasteiger partial charge is 0.354 e. The van der Waals surface area contributed by atoms with E-state index >= 15 is 0 Å². The average molecular weight is 265 g/mol. The highest BCUT2D eigenvalue weighted by molar-refractivity contribution is 5.75. The number of rotatable bonds is 5. The van der Waals surface area contributed by atoms with Crippen LogP contribution in [0.5, 0.6) is 0 Å².